The first-order chi connectivity index (χ1) is 14.6. The fourth-order valence-corrected chi connectivity index (χ4v) is 4.79. The number of anilines is 2. The molecule has 3 rings (SSSR count). The summed E-state index contributed by atoms with van der Waals surface area (Å²) in [4.78, 5) is 28.9. The van der Waals surface area contributed by atoms with Crippen molar-refractivity contribution < 1.29 is 14.3 Å². The van der Waals surface area contributed by atoms with Gasteiger partial charge in [0.25, 0.3) is 0 Å². The second-order valence-electron chi connectivity index (χ2n) is 6.92. The van der Waals surface area contributed by atoms with Crippen LogP contribution < -0.4 is 10.2 Å². The number of carbonyl (C=O) groups excluding carboxylic acids is 2. The lowest BCUT2D eigenvalue weighted by molar-refractivity contribution is -0.132. The van der Waals surface area contributed by atoms with Crippen LogP contribution in [0.3, 0.4) is 0 Å². The van der Waals surface area contributed by atoms with E-state index in [2.05, 4.69) is 20.4 Å². The number of carbonyl (C=O) groups is 2. The molecule has 1 N–H and O–H groups in total. The maximum atomic E-state index is 12.7. The highest BCUT2D eigenvalue weighted by atomic mass is 32.2. The highest BCUT2D eigenvalue weighted by Crippen LogP contribution is 2.28. The number of nitrogens with one attached hydrogen (secondary N) is 1. The first-order valence-corrected chi connectivity index (χ1v) is 11.8. The topological polar surface area (TPSA) is 87.7 Å². The average molecular weight is 450 g/mol. The Hall–Kier alpha value is -2.17. The number of nitrogens with zero attached hydrogens (tertiary/aromatic N) is 4. The zero-order valence-electron chi connectivity index (χ0n) is 17.3. The van der Waals surface area contributed by atoms with Gasteiger partial charge in [0, 0.05) is 25.3 Å². The number of para-hydroxylation sites is 1. The summed E-state index contributed by atoms with van der Waals surface area (Å²) in [6.45, 7) is 7.50. The van der Waals surface area contributed by atoms with Crippen molar-refractivity contribution in [3.05, 3.63) is 29.8 Å². The minimum atomic E-state index is -0.193. The summed E-state index contributed by atoms with van der Waals surface area (Å²) >= 11 is 2.85. The standard InChI is InChI=1S/C20H27N5O3S2/c1-3-8-25(13-17(26)21-16-7-5-4-6-15(16)2)18(27)14-29-20-23-22-19(30-20)24-9-11-28-12-10-24/h4-7H,3,8-14H2,1-2H3,(H,21,26). The molecule has 1 aliphatic rings. The van der Waals surface area contributed by atoms with Gasteiger partial charge in [-0.3, -0.25) is 9.59 Å². The third kappa shape index (κ3) is 6.41. The van der Waals surface area contributed by atoms with Crippen LogP contribution in [0.2, 0.25) is 0 Å². The van der Waals surface area contributed by atoms with Crippen molar-refractivity contribution in [3.63, 3.8) is 0 Å². The van der Waals surface area contributed by atoms with E-state index in [1.54, 1.807) is 4.90 Å². The molecule has 1 aromatic heterocycles. The molecule has 0 unspecified atom stereocenters. The van der Waals surface area contributed by atoms with Crippen LogP contribution in [0, 0.1) is 6.92 Å². The van der Waals surface area contributed by atoms with Gasteiger partial charge in [0.05, 0.1) is 25.5 Å². The maximum absolute atomic E-state index is 12.7. The molecular formula is C20H27N5O3S2. The third-order valence-corrected chi connectivity index (χ3v) is 6.70. The molecule has 1 aliphatic heterocycles. The van der Waals surface area contributed by atoms with Gasteiger partial charge in [-0.2, -0.15) is 0 Å². The molecule has 0 atom stereocenters. The number of aromatic nitrogens is 2. The Labute approximate surface area is 185 Å². The van der Waals surface area contributed by atoms with Gasteiger partial charge in [0.1, 0.15) is 0 Å². The van der Waals surface area contributed by atoms with Gasteiger partial charge in [0.15, 0.2) is 4.34 Å². The van der Waals surface area contributed by atoms with Crippen LogP contribution in [0.4, 0.5) is 10.8 Å². The molecular weight excluding hydrogens is 422 g/mol. The summed E-state index contributed by atoms with van der Waals surface area (Å²) in [6.07, 6.45) is 0.786. The van der Waals surface area contributed by atoms with Crippen LogP contribution in [0.1, 0.15) is 18.9 Å². The lowest BCUT2D eigenvalue weighted by Crippen LogP contribution is -2.39. The van der Waals surface area contributed by atoms with E-state index in [0.717, 1.165) is 40.2 Å². The molecule has 10 heteroatoms. The van der Waals surface area contributed by atoms with Crippen molar-refractivity contribution in [3.8, 4) is 0 Å². The molecule has 0 spiro atoms. The smallest absolute Gasteiger partial charge is 0.244 e. The molecule has 1 aromatic carbocycles. The van der Waals surface area contributed by atoms with Crippen LogP contribution in [0.5, 0.6) is 0 Å². The fourth-order valence-electron chi connectivity index (χ4n) is 3.00. The number of benzene rings is 1. The van der Waals surface area contributed by atoms with Gasteiger partial charge in [0.2, 0.25) is 16.9 Å². The average Bonchev–Trinajstić information content (AvgIpc) is 3.23. The molecule has 1 saturated heterocycles. The third-order valence-electron chi connectivity index (χ3n) is 4.60. The van der Waals surface area contributed by atoms with Gasteiger partial charge in [-0.15, -0.1) is 10.2 Å². The van der Waals surface area contributed by atoms with Crippen molar-refractivity contribution in [2.45, 2.75) is 24.6 Å². The van der Waals surface area contributed by atoms with E-state index in [4.69, 9.17) is 4.74 Å². The highest BCUT2D eigenvalue weighted by Gasteiger charge is 2.20. The molecule has 0 saturated carbocycles. The Morgan fingerprint density at radius 1 is 1.27 bits per heavy atom. The Kier molecular flexibility index (Phi) is 8.47. The van der Waals surface area contributed by atoms with Crippen molar-refractivity contribution in [1.29, 1.82) is 0 Å². The number of rotatable bonds is 9. The summed E-state index contributed by atoms with van der Waals surface area (Å²) in [5.41, 5.74) is 1.76. The van der Waals surface area contributed by atoms with Crippen LogP contribution in [0.25, 0.3) is 0 Å². The molecule has 8 nitrogen and oxygen atoms in total. The van der Waals surface area contributed by atoms with E-state index < -0.39 is 0 Å². The normalized spacial score (nSPS) is 13.9. The zero-order valence-corrected chi connectivity index (χ0v) is 18.9. The molecule has 0 radical (unpaired) electrons. The largest absolute Gasteiger partial charge is 0.378 e. The van der Waals surface area contributed by atoms with E-state index in [0.29, 0.717) is 19.8 Å². The highest BCUT2D eigenvalue weighted by molar-refractivity contribution is 8.01. The quantitative estimate of drug-likeness (QED) is 0.589. The number of aryl methyl sites for hydroxylation is 1. The van der Waals surface area contributed by atoms with Crippen LogP contribution in [-0.2, 0) is 14.3 Å². The van der Waals surface area contributed by atoms with Crippen molar-refractivity contribution in [2.24, 2.45) is 0 Å². The second kappa shape index (κ2) is 11.3. The molecule has 2 amide bonds. The predicted octanol–water partition coefficient (Wildman–Crippen LogP) is 2.65. The second-order valence-corrected chi connectivity index (χ2v) is 9.10. The van der Waals surface area contributed by atoms with Crippen molar-refractivity contribution in [1.82, 2.24) is 15.1 Å². The molecule has 30 heavy (non-hydrogen) atoms. The molecule has 162 valence electrons. The van der Waals surface area contributed by atoms with Crippen LogP contribution in [0.15, 0.2) is 28.6 Å². The lowest BCUT2D eigenvalue weighted by Gasteiger charge is -2.25. The summed E-state index contributed by atoms with van der Waals surface area (Å²) in [5, 5.41) is 12.2. The first kappa shape index (κ1) is 22.5. The number of amides is 2. The van der Waals surface area contributed by atoms with Gasteiger partial charge in [-0.05, 0) is 25.0 Å². The molecule has 0 aliphatic carbocycles. The zero-order chi connectivity index (χ0) is 21.3. The number of hydrogen-bond acceptors (Lipinski definition) is 8. The minimum Gasteiger partial charge on any atom is -0.378 e. The number of hydrogen-bond donors (Lipinski definition) is 1. The molecule has 2 heterocycles. The minimum absolute atomic E-state index is 0.0384. The molecule has 1 fully saturated rings. The predicted molar refractivity (Wildman–Crippen MR) is 120 cm³/mol. The Balaban J connectivity index is 1.51. The lowest BCUT2D eigenvalue weighted by atomic mass is 10.2. The van der Waals surface area contributed by atoms with Crippen molar-refractivity contribution in [2.75, 3.05) is 55.4 Å². The number of morpholine rings is 1. The van der Waals surface area contributed by atoms with Gasteiger partial charge in [-0.1, -0.05) is 48.2 Å². The maximum Gasteiger partial charge on any atom is 0.244 e. The molecule has 2 aromatic rings. The van der Waals surface area contributed by atoms with E-state index in [9.17, 15) is 9.59 Å². The SMILES string of the molecule is CCCN(CC(=O)Nc1ccccc1C)C(=O)CSc1nnc(N2CCOCC2)s1. The number of ether oxygens (including phenoxy) is 1. The van der Waals surface area contributed by atoms with E-state index in [1.165, 1.54) is 23.1 Å². The van der Waals surface area contributed by atoms with Crippen LogP contribution in [-0.4, -0.2) is 72.1 Å². The summed E-state index contributed by atoms with van der Waals surface area (Å²) < 4.78 is 6.11. The van der Waals surface area contributed by atoms with E-state index in [-0.39, 0.29) is 24.1 Å². The fraction of sp³-hybridized carbons (Fsp3) is 0.500. The Morgan fingerprint density at radius 3 is 2.77 bits per heavy atom. The summed E-state index contributed by atoms with van der Waals surface area (Å²) in [7, 11) is 0. The van der Waals surface area contributed by atoms with Gasteiger partial charge in [-0.25, -0.2) is 0 Å². The Bertz CT molecular complexity index is 854. The van der Waals surface area contributed by atoms with Crippen LogP contribution >= 0.6 is 23.1 Å². The van der Waals surface area contributed by atoms with E-state index >= 15 is 0 Å². The van der Waals surface area contributed by atoms with Gasteiger partial charge < -0.3 is 19.9 Å². The summed E-state index contributed by atoms with van der Waals surface area (Å²) in [5.74, 6) is -0.0402. The molecule has 0 bridgehead atoms. The van der Waals surface area contributed by atoms with E-state index in [1.807, 2.05) is 38.1 Å². The Morgan fingerprint density at radius 2 is 2.03 bits per heavy atom. The first-order valence-electron chi connectivity index (χ1n) is 9.99. The van der Waals surface area contributed by atoms with Crippen molar-refractivity contribution >= 4 is 45.7 Å². The van der Waals surface area contributed by atoms with Gasteiger partial charge >= 0.3 is 0 Å². The monoisotopic (exact) mass is 449 g/mol. The number of thioether (sulfide) groups is 1. The summed E-state index contributed by atoms with van der Waals surface area (Å²) in [6, 6.07) is 7.60.